The van der Waals surface area contributed by atoms with Gasteiger partial charge in [-0.05, 0) is 52.8 Å². The summed E-state index contributed by atoms with van der Waals surface area (Å²) in [5.74, 6) is 0.0158. The van der Waals surface area contributed by atoms with Crippen LogP contribution in [0.3, 0.4) is 0 Å². The average molecular weight is 426 g/mol. The third kappa shape index (κ3) is 2.97. The molecular weight excluding hydrogens is 415 g/mol. The van der Waals surface area contributed by atoms with Crippen molar-refractivity contribution in [3.05, 3.63) is 49.6 Å². The molecule has 0 aliphatic heterocycles. The van der Waals surface area contributed by atoms with Crippen LogP contribution in [0, 0.1) is 13.7 Å². The number of benzene rings is 2. The van der Waals surface area contributed by atoms with Crippen molar-refractivity contribution < 1.29 is 15.1 Å². The molecule has 0 bridgehead atoms. The van der Waals surface area contributed by atoms with Gasteiger partial charge in [-0.2, -0.15) is 0 Å². The summed E-state index contributed by atoms with van der Waals surface area (Å²) in [6, 6.07) is 7.65. The van der Waals surface area contributed by atoms with Crippen molar-refractivity contribution in [2.45, 2.75) is 6.42 Å². The van der Waals surface area contributed by atoms with Crippen LogP contribution in [0.25, 0.3) is 16.7 Å². The fourth-order valence-corrected chi connectivity index (χ4v) is 2.87. The molecule has 0 aliphatic rings. The molecule has 0 aliphatic carbocycles. The first kappa shape index (κ1) is 15.6. The summed E-state index contributed by atoms with van der Waals surface area (Å²) in [7, 11) is 0. The minimum Gasteiger partial charge on any atom is -0.505 e. The SMILES string of the molecule is O=[N+]([O-])c1ccc2nn(-c3cc(CCO)cc(I)c3O)nc2c1. The van der Waals surface area contributed by atoms with Gasteiger partial charge < -0.3 is 10.2 Å². The zero-order valence-corrected chi connectivity index (χ0v) is 13.8. The summed E-state index contributed by atoms with van der Waals surface area (Å²) in [6.45, 7) is -0.0129. The van der Waals surface area contributed by atoms with E-state index in [1.165, 1.54) is 23.0 Å². The van der Waals surface area contributed by atoms with E-state index < -0.39 is 4.92 Å². The number of nitro benzene ring substituents is 1. The van der Waals surface area contributed by atoms with Crippen LogP contribution in [0.5, 0.6) is 5.75 Å². The van der Waals surface area contributed by atoms with E-state index in [4.69, 9.17) is 5.11 Å². The molecule has 0 amide bonds. The minimum absolute atomic E-state index is 0.0129. The van der Waals surface area contributed by atoms with Crippen molar-refractivity contribution in [2.24, 2.45) is 0 Å². The Balaban J connectivity index is 2.14. The van der Waals surface area contributed by atoms with E-state index >= 15 is 0 Å². The lowest BCUT2D eigenvalue weighted by atomic mass is 10.1. The van der Waals surface area contributed by atoms with Gasteiger partial charge in [-0.25, -0.2) is 0 Å². The maximum Gasteiger partial charge on any atom is 0.271 e. The number of aliphatic hydroxyl groups excluding tert-OH is 1. The highest BCUT2D eigenvalue weighted by Gasteiger charge is 2.15. The number of phenolic OH excluding ortho intramolecular Hbond substituents is 1. The van der Waals surface area contributed by atoms with Crippen molar-refractivity contribution >= 4 is 39.3 Å². The first-order chi connectivity index (χ1) is 11.0. The first-order valence-electron chi connectivity index (χ1n) is 6.63. The molecule has 0 unspecified atom stereocenters. The number of nitrogens with zero attached hydrogens (tertiary/aromatic N) is 4. The molecule has 0 saturated carbocycles. The number of aromatic hydroxyl groups is 1. The number of aromatic nitrogens is 3. The predicted octanol–water partition coefficient (Wildman–Crippen LogP) is 2.17. The van der Waals surface area contributed by atoms with E-state index in [-0.39, 0.29) is 18.0 Å². The van der Waals surface area contributed by atoms with Crippen LogP contribution in [0.15, 0.2) is 30.3 Å². The fourth-order valence-electron chi connectivity index (χ4n) is 2.19. The molecule has 0 saturated heterocycles. The van der Waals surface area contributed by atoms with Gasteiger partial charge in [-0.15, -0.1) is 15.0 Å². The fraction of sp³-hybridized carbons (Fsp3) is 0.143. The minimum atomic E-state index is -0.499. The highest BCUT2D eigenvalue weighted by Crippen LogP contribution is 2.29. The quantitative estimate of drug-likeness (QED) is 0.376. The number of phenols is 1. The second-order valence-electron chi connectivity index (χ2n) is 4.84. The van der Waals surface area contributed by atoms with Crippen molar-refractivity contribution in [1.82, 2.24) is 15.0 Å². The standard InChI is InChI=1S/C14H11IN4O4/c15-10-5-8(3-4-20)6-13(14(10)21)18-16-11-2-1-9(19(22)23)7-12(11)17-18/h1-2,5-7,20-21H,3-4H2. The molecule has 3 rings (SSSR count). The normalized spacial score (nSPS) is 11.0. The number of hydrogen-bond donors (Lipinski definition) is 2. The second-order valence-corrected chi connectivity index (χ2v) is 6.00. The van der Waals surface area contributed by atoms with Gasteiger partial charge in [0.25, 0.3) is 5.69 Å². The summed E-state index contributed by atoms with van der Waals surface area (Å²) in [6.07, 6.45) is 0.440. The van der Waals surface area contributed by atoms with E-state index in [1.807, 2.05) is 22.6 Å². The summed E-state index contributed by atoms with van der Waals surface area (Å²) in [5, 5.41) is 38.6. The van der Waals surface area contributed by atoms with Crippen LogP contribution in [0.4, 0.5) is 5.69 Å². The van der Waals surface area contributed by atoms with Crippen LogP contribution in [-0.4, -0.2) is 36.7 Å². The van der Waals surface area contributed by atoms with Gasteiger partial charge >= 0.3 is 0 Å². The topological polar surface area (TPSA) is 114 Å². The maximum atomic E-state index is 10.8. The average Bonchev–Trinajstić information content (AvgIpc) is 2.93. The lowest BCUT2D eigenvalue weighted by Crippen LogP contribution is -2.02. The Morgan fingerprint density at radius 3 is 2.65 bits per heavy atom. The number of halogens is 1. The van der Waals surface area contributed by atoms with Gasteiger partial charge in [0, 0.05) is 18.7 Å². The Bertz CT molecular complexity index is 909. The van der Waals surface area contributed by atoms with Crippen molar-refractivity contribution in [2.75, 3.05) is 6.61 Å². The van der Waals surface area contributed by atoms with Crippen molar-refractivity contribution in [3.63, 3.8) is 0 Å². The van der Waals surface area contributed by atoms with Crippen molar-refractivity contribution in [1.29, 1.82) is 0 Å². The first-order valence-corrected chi connectivity index (χ1v) is 7.71. The summed E-state index contributed by atoms with van der Waals surface area (Å²) in [5.41, 5.74) is 1.97. The number of aliphatic hydroxyl groups is 1. The van der Waals surface area contributed by atoms with Gasteiger partial charge in [-0.3, -0.25) is 10.1 Å². The number of fused-ring (bicyclic) bond motifs is 1. The number of rotatable bonds is 4. The molecule has 2 aromatic carbocycles. The second kappa shape index (κ2) is 6.08. The van der Waals surface area contributed by atoms with E-state index in [9.17, 15) is 15.2 Å². The van der Waals surface area contributed by atoms with E-state index in [2.05, 4.69) is 10.2 Å². The van der Waals surface area contributed by atoms with E-state index in [0.29, 0.717) is 26.7 Å². The predicted molar refractivity (Wildman–Crippen MR) is 90.7 cm³/mol. The lowest BCUT2D eigenvalue weighted by molar-refractivity contribution is -0.384. The van der Waals surface area contributed by atoms with Gasteiger partial charge in [0.15, 0.2) is 5.75 Å². The molecular formula is C14H11IN4O4. The number of non-ortho nitro benzene ring substituents is 1. The molecule has 2 N–H and O–H groups in total. The molecule has 23 heavy (non-hydrogen) atoms. The molecule has 1 heterocycles. The molecule has 0 radical (unpaired) electrons. The Hall–Kier alpha value is -2.27. The molecule has 9 heteroatoms. The number of hydrogen-bond acceptors (Lipinski definition) is 6. The smallest absolute Gasteiger partial charge is 0.271 e. The molecule has 8 nitrogen and oxygen atoms in total. The van der Waals surface area contributed by atoms with Crippen LogP contribution < -0.4 is 0 Å². The highest BCUT2D eigenvalue weighted by molar-refractivity contribution is 14.1. The molecule has 0 atom stereocenters. The summed E-state index contributed by atoms with van der Waals surface area (Å²) < 4.78 is 0.607. The van der Waals surface area contributed by atoms with Crippen molar-refractivity contribution in [3.8, 4) is 11.4 Å². The molecule has 1 aromatic heterocycles. The molecule has 0 spiro atoms. The Kier molecular flexibility index (Phi) is 4.13. The van der Waals surface area contributed by atoms with Crippen LogP contribution >= 0.6 is 22.6 Å². The molecule has 0 fully saturated rings. The van der Waals surface area contributed by atoms with Crippen LogP contribution in [0.2, 0.25) is 0 Å². The number of nitro groups is 1. The van der Waals surface area contributed by atoms with E-state index in [0.717, 1.165) is 5.56 Å². The summed E-state index contributed by atoms with van der Waals surface area (Å²) >= 11 is 1.98. The Morgan fingerprint density at radius 1 is 1.22 bits per heavy atom. The van der Waals surface area contributed by atoms with E-state index in [1.54, 1.807) is 12.1 Å². The molecule has 118 valence electrons. The van der Waals surface area contributed by atoms with Crippen LogP contribution in [0.1, 0.15) is 5.56 Å². The zero-order chi connectivity index (χ0) is 16.6. The largest absolute Gasteiger partial charge is 0.505 e. The zero-order valence-electron chi connectivity index (χ0n) is 11.7. The Labute approximate surface area is 143 Å². The Morgan fingerprint density at radius 2 is 1.96 bits per heavy atom. The van der Waals surface area contributed by atoms with Gasteiger partial charge in [-0.1, -0.05) is 0 Å². The van der Waals surface area contributed by atoms with Crippen LogP contribution in [-0.2, 0) is 6.42 Å². The monoisotopic (exact) mass is 426 g/mol. The van der Waals surface area contributed by atoms with Gasteiger partial charge in [0.1, 0.15) is 16.7 Å². The molecule has 3 aromatic rings. The highest BCUT2D eigenvalue weighted by atomic mass is 127. The third-order valence-corrected chi connectivity index (χ3v) is 4.12. The summed E-state index contributed by atoms with van der Waals surface area (Å²) in [4.78, 5) is 11.6. The van der Waals surface area contributed by atoms with Gasteiger partial charge in [0.05, 0.1) is 8.49 Å². The van der Waals surface area contributed by atoms with Gasteiger partial charge in [0.2, 0.25) is 0 Å². The lowest BCUT2D eigenvalue weighted by Gasteiger charge is -2.08. The maximum absolute atomic E-state index is 10.8. The third-order valence-electron chi connectivity index (χ3n) is 3.29.